The summed E-state index contributed by atoms with van der Waals surface area (Å²) in [5.41, 5.74) is 2.89. The number of H-pyrrole nitrogens is 1. The van der Waals surface area contributed by atoms with Gasteiger partial charge >= 0.3 is 6.03 Å². The van der Waals surface area contributed by atoms with Gasteiger partial charge in [0.15, 0.2) is 5.96 Å². The number of carbonyl (C=O) groups is 2. The van der Waals surface area contributed by atoms with Crippen LogP contribution in [0.15, 0.2) is 29.3 Å². The highest BCUT2D eigenvalue weighted by Crippen LogP contribution is 2.22. The van der Waals surface area contributed by atoms with Crippen LogP contribution in [-0.2, 0) is 11.2 Å². The van der Waals surface area contributed by atoms with Crippen LogP contribution in [0.4, 0.5) is 4.79 Å². The van der Waals surface area contributed by atoms with Crippen LogP contribution in [0, 0.1) is 6.92 Å². The summed E-state index contributed by atoms with van der Waals surface area (Å²) >= 11 is 0. The van der Waals surface area contributed by atoms with Crippen LogP contribution in [-0.4, -0.2) is 59.5 Å². The second-order valence-corrected chi connectivity index (χ2v) is 8.14. The fraction of sp³-hybridized carbons (Fsp3) is 0.522. The van der Waals surface area contributed by atoms with E-state index in [2.05, 4.69) is 51.0 Å². The van der Waals surface area contributed by atoms with Crippen LogP contribution in [0.2, 0.25) is 0 Å². The summed E-state index contributed by atoms with van der Waals surface area (Å²) in [5, 5.41) is 10.7. The van der Waals surface area contributed by atoms with E-state index in [1.165, 1.54) is 21.5 Å². The van der Waals surface area contributed by atoms with Gasteiger partial charge in [-0.25, -0.2) is 4.79 Å². The van der Waals surface area contributed by atoms with E-state index in [-0.39, 0.29) is 35.9 Å². The third kappa shape index (κ3) is 5.73. The van der Waals surface area contributed by atoms with Crippen molar-refractivity contribution >= 4 is 52.8 Å². The van der Waals surface area contributed by atoms with E-state index in [0.29, 0.717) is 25.9 Å². The highest BCUT2D eigenvalue weighted by Gasteiger charge is 2.45. The lowest BCUT2D eigenvalue weighted by atomic mass is 9.99. The molecule has 9 heteroatoms. The molecular weight excluding hydrogens is 519 g/mol. The SMILES string of the molecule is CCNC(=NCCCN1C(=O)NC(C)(CC)C1=O)NCCc1c(C)[nH]c2ccccc12.I. The van der Waals surface area contributed by atoms with Crippen LogP contribution in [0.25, 0.3) is 10.9 Å². The zero-order valence-corrected chi connectivity index (χ0v) is 21.7. The van der Waals surface area contributed by atoms with Gasteiger partial charge in [-0.3, -0.25) is 14.7 Å². The summed E-state index contributed by atoms with van der Waals surface area (Å²) in [4.78, 5) is 33.9. The molecule has 0 aliphatic carbocycles. The van der Waals surface area contributed by atoms with Crippen LogP contribution >= 0.6 is 24.0 Å². The normalized spacial score (nSPS) is 18.6. The lowest BCUT2D eigenvalue weighted by Crippen LogP contribution is -2.43. The summed E-state index contributed by atoms with van der Waals surface area (Å²) in [6.45, 7) is 10.2. The predicted octanol–water partition coefficient (Wildman–Crippen LogP) is 3.30. The van der Waals surface area contributed by atoms with Crippen molar-refractivity contribution in [2.24, 2.45) is 4.99 Å². The molecule has 1 saturated heterocycles. The first kappa shape index (κ1) is 26.0. The van der Waals surface area contributed by atoms with E-state index >= 15 is 0 Å². The highest BCUT2D eigenvalue weighted by molar-refractivity contribution is 14.0. The van der Waals surface area contributed by atoms with Gasteiger partial charge in [-0.15, -0.1) is 24.0 Å². The summed E-state index contributed by atoms with van der Waals surface area (Å²) < 4.78 is 0. The molecule has 1 fully saturated rings. The molecule has 1 aromatic heterocycles. The second-order valence-electron chi connectivity index (χ2n) is 8.14. The van der Waals surface area contributed by atoms with Crippen LogP contribution in [0.3, 0.4) is 0 Å². The molecule has 2 aromatic rings. The number of rotatable bonds is 9. The van der Waals surface area contributed by atoms with Crippen molar-refractivity contribution < 1.29 is 9.59 Å². The molecule has 1 aromatic carbocycles. The zero-order valence-electron chi connectivity index (χ0n) is 19.4. The lowest BCUT2D eigenvalue weighted by Gasteiger charge is -2.19. The first-order valence-electron chi connectivity index (χ1n) is 11.1. The van der Waals surface area contributed by atoms with Crippen molar-refractivity contribution in [1.29, 1.82) is 0 Å². The van der Waals surface area contributed by atoms with Crippen molar-refractivity contribution in [2.75, 3.05) is 26.2 Å². The fourth-order valence-electron chi connectivity index (χ4n) is 3.91. The Hall–Kier alpha value is -2.30. The van der Waals surface area contributed by atoms with Gasteiger partial charge in [-0.05, 0) is 51.7 Å². The number of hydrogen-bond donors (Lipinski definition) is 4. The van der Waals surface area contributed by atoms with Gasteiger partial charge in [0.2, 0.25) is 0 Å². The summed E-state index contributed by atoms with van der Waals surface area (Å²) in [7, 11) is 0. The highest BCUT2D eigenvalue weighted by atomic mass is 127. The van der Waals surface area contributed by atoms with E-state index in [1.54, 1.807) is 6.92 Å². The Morgan fingerprint density at radius 1 is 1.19 bits per heavy atom. The van der Waals surface area contributed by atoms with Gasteiger partial charge in [0, 0.05) is 42.8 Å². The van der Waals surface area contributed by atoms with E-state index in [0.717, 1.165) is 31.0 Å². The number of carbonyl (C=O) groups excluding carboxylic acids is 2. The second kappa shape index (κ2) is 11.5. The maximum atomic E-state index is 12.5. The average Bonchev–Trinajstić information content (AvgIpc) is 3.18. The van der Waals surface area contributed by atoms with Crippen molar-refractivity contribution in [3.63, 3.8) is 0 Å². The Morgan fingerprint density at radius 2 is 1.94 bits per heavy atom. The molecule has 1 unspecified atom stereocenters. The van der Waals surface area contributed by atoms with Crippen molar-refractivity contribution in [2.45, 2.75) is 52.5 Å². The van der Waals surface area contributed by atoms with Crippen LogP contribution < -0.4 is 16.0 Å². The Morgan fingerprint density at radius 3 is 2.62 bits per heavy atom. The molecule has 8 nitrogen and oxygen atoms in total. The quantitative estimate of drug-likeness (QED) is 0.126. The van der Waals surface area contributed by atoms with Gasteiger partial charge in [-0.2, -0.15) is 0 Å². The fourth-order valence-corrected chi connectivity index (χ4v) is 3.91. The average molecular weight is 554 g/mol. The summed E-state index contributed by atoms with van der Waals surface area (Å²) in [5.74, 6) is 0.596. The molecule has 0 radical (unpaired) electrons. The maximum Gasteiger partial charge on any atom is 0.325 e. The number of nitrogens with zero attached hydrogens (tertiary/aromatic N) is 2. The first-order chi connectivity index (χ1) is 14.9. The third-order valence-corrected chi connectivity index (χ3v) is 5.90. The van der Waals surface area contributed by atoms with Crippen molar-refractivity contribution in [1.82, 2.24) is 25.8 Å². The Balaban J connectivity index is 0.00000363. The van der Waals surface area contributed by atoms with Crippen LogP contribution in [0.5, 0.6) is 0 Å². The Bertz CT molecular complexity index is 973. The number of imide groups is 1. The number of halogens is 1. The van der Waals surface area contributed by atoms with Gasteiger partial charge in [0.05, 0.1) is 0 Å². The number of aliphatic imine (C=N–C) groups is 1. The number of aryl methyl sites for hydroxylation is 1. The van der Waals surface area contributed by atoms with E-state index in [4.69, 9.17) is 0 Å². The number of urea groups is 1. The number of hydrogen-bond acceptors (Lipinski definition) is 3. The number of amides is 3. The molecular formula is C23H35IN6O2. The largest absolute Gasteiger partial charge is 0.358 e. The van der Waals surface area contributed by atoms with Crippen molar-refractivity contribution in [3.8, 4) is 0 Å². The maximum absolute atomic E-state index is 12.5. The van der Waals surface area contributed by atoms with Gasteiger partial charge in [-0.1, -0.05) is 25.1 Å². The molecule has 0 spiro atoms. The van der Waals surface area contributed by atoms with E-state index in [9.17, 15) is 9.59 Å². The Kier molecular flexibility index (Phi) is 9.35. The molecule has 0 saturated carbocycles. The van der Waals surface area contributed by atoms with Gasteiger partial charge in [0.25, 0.3) is 5.91 Å². The first-order valence-corrected chi connectivity index (χ1v) is 11.1. The number of aromatic amines is 1. The smallest absolute Gasteiger partial charge is 0.325 e. The van der Waals surface area contributed by atoms with Gasteiger partial charge in [0.1, 0.15) is 5.54 Å². The number of guanidine groups is 1. The molecule has 3 amide bonds. The lowest BCUT2D eigenvalue weighted by molar-refractivity contribution is -0.130. The topological polar surface area (TPSA) is 102 Å². The molecule has 1 aliphatic rings. The van der Waals surface area contributed by atoms with E-state index < -0.39 is 5.54 Å². The molecule has 4 N–H and O–H groups in total. The minimum Gasteiger partial charge on any atom is -0.358 e. The number of para-hydroxylation sites is 1. The van der Waals surface area contributed by atoms with Gasteiger partial charge < -0.3 is 20.9 Å². The standard InChI is InChI=1S/C23H34N6O2.HI/c1-5-23(4)20(30)29(22(31)28-23)15-9-13-25-21(24-6-2)26-14-12-17-16(3)27-19-11-8-7-10-18(17)19;/h7-8,10-11,27H,5-6,9,12-15H2,1-4H3,(H,28,31)(H2,24,25,26);1H. The minimum atomic E-state index is -0.780. The molecule has 32 heavy (non-hydrogen) atoms. The molecule has 1 atom stereocenters. The summed E-state index contributed by atoms with van der Waals surface area (Å²) in [6.07, 6.45) is 2.09. The molecule has 176 valence electrons. The monoisotopic (exact) mass is 554 g/mol. The zero-order chi connectivity index (χ0) is 22.4. The predicted molar refractivity (Wildman–Crippen MR) is 140 cm³/mol. The number of nitrogens with one attached hydrogen (secondary N) is 4. The molecule has 1 aliphatic heterocycles. The molecule has 3 rings (SSSR count). The summed E-state index contributed by atoms with van der Waals surface area (Å²) in [6, 6.07) is 8.04. The third-order valence-electron chi connectivity index (χ3n) is 5.90. The number of benzene rings is 1. The van der Waals surface area contributed by atoms with Crippen LogP contribution in [0.1, 0.15) is 44.9 Å². The number of aromatic nitrogens is 1. The Labute approximate surface area is 207 Å². The minimum absolute atomic E-state index is 0. The van der Waals surface area contributed by atoms with E-state index in [1.807, 2.05) is 19.9 Å². The van der Waals surface area contributed by atoms with Crippen molar-refractivity contribution in [3.05, 3.63) is 35.5 Å². The number of fused-ring (bicyclic) bond motifs is 1. The molecule has 0 bridgehead atoms. The molecule has 2 heterocycles.